The summed E-state index contributed by atoms with van der Waals surface area (Å²) in [4.78, 5) is 5.80. The molecule has 0 radical (unpaired) electrons. The first-order valence-electron chi connectivity index (χ1n) is 7.48. The van der Waals surface area contributed by atoms with Crippen LogP contribution < -0.4 is 5.32 Å². The summed E-state index contributed by atoms with van der Waals surface area (Å²) in [5.41, 5.74) is 1.86. The highest BCUT2D eigenvalue weighted by Crippen LogP contribution is 2.27. The Hall–Kier alpha value is -1.34. The van der Waals surface area contributed by atoms with E-state index in [4.69, 9.17) is 0 Å². The molecule has 1 aliphatic rings. The quantitative estimate of drug-likeness (QED) is 0.847. The molecular weight excluding hydrogens is 371 g/mol. The number of pyridine rings is 1. The first-order valence-corrected chi connectivity index (χ1v) is 8.27. The van der Waals surface area contributed by atoms with Gasteiger partial charge in [0.25, 0.3) is 0 Å². The number of fused-ring (bicyclic) bond motifs is 1. The van der Waals surface area contributed by atoms with Gasteiger partial charge in [0, 0.05) is 34.8 Å². The highest BCUT2D eigenvalue weighted by molar-refractivity contribution is 9.10. The van der Waals surface area contributed by atoms with Crippen LogP contribution in [0.5, 0.6) is 0 Å². The second-order valence-corrected chi connectivity index (χ2v) is 6.82. The zero-order valence-corrected chi connectivity index (χ0v) is 14.0. The van der Waals surface area contributed by atoms with Gasteiger partial charge in [0.2, 0.25) is 0 Å². The van der Waals surface area contributed by atoms with Crippen LogP contribution in [0.25, 0.3) is 10.9 Å². The number of nitrogens with one attached hydrogen (secondary N) is 1. The molecule has 7 heteroatoms. The molecule has 0 saturated carbocycles. The van der Waals surface area contributed by atoms with Crippen molar-refractivity contribution in [2.45, 2.75) is 12.6 Å². The zero-order chi connectivity index (χ0) is 16.4. The van der Waals surface area contributed by atoms with Crippen molar-refractivity contribution in [3.05, 3.63) is 34.9 Å². The van der Waals surface area contributed by atoms with Gasteiger partial charge in [0.1, 0.15) is 0 Å². The van der Waals surface area contributed by atoms with Crippen LogP contribution >= 0.6 is 15.9 Å². The van der Waals surface area contributed by atoms with Crippen molar-refractivity contribution in [2.75, 3.05) is 31.5 Å². The van der Waals surface area contributed by atoms with Gasteiger partial charge >= 0.3 is 6.18 Å². The molecule has 1 saturated heterocycles. The molecule has 1 N–H and O–H groups in total. The summed E-state index contributed by atoms with van der Waals surface area (Å²) in [6.45, 7) is 0.850. The minimum Gasteiger partial charge on any atom is -0.384 e. The monoisotopic (exact) mass is 387 g/mol. The van der Waals surface area contributed by atoms with Gasteiger partial charge in [0.05, 0.1) is 12.1 Å². The third-order valence-electron chi connectivity index (χ3n) is 4.06. The van der Waals surface area contributed by atoms with Gasteiger partial charge < -0.3 is 5.32 Å². The highest BCUT2D eigenvalue weighted by atomic mass is 79.9. The molecule has 0 aliphatic carbocycles. The molecule has 124 valence electrons. The van der Waals surface area contributed by atoms with Gasteiger partial charge in [-0.05, 0) is 43.1 Å². The number of anilines is 1. The average molecular weight is 388 g/mol. The summed E-state index contributed by atoms with van der Waals surface area (Å²) in [6, 6.07) is 7.77. The average Bonchev–Trinajstić information content (AvgIpc) is 2.90. The summed E-state index contributed by atoms with van der Waals surface area (Å²) < 4.78 is 38.3. The fourth-order valence-corrected chi connectivity index (χ4v) is 3.36. The first kappa shape index (κ1) is 16.5. The van der Waals surface area contributed by atoms with Gasteiger partial charge in [-0.25, -0.2) is 0 Å². The molecule has 3 nitrogen and oxygen atoms in total. The van der Waals surface area contributed by atoms with Gasteiger partial charge in [0.15, 0.2) is 0 Å². The van der Waals surface area contributed by atoms with Crippen molar-refractivity contribution >= 4 is 32.5 Å². The van der Waals surface area contributed by atoms with E-state index >= 15 is 0 Å². The number of benzene rings is 1. The normalized spacial score (nSPS) is 19.4. The second-order valence-electron chi connectivity index (χ2n) is 5.91. The van der Waals surface area contributed by atoms with Crippen molar-refractivity contribution in [3.8, 4) is 0 Å². The number of hydrogen-bond donors (Lipinski definition) is 1. The summed E-state index contributed by atoms with van der Waals surface area (Å²) in [5, 5.41) is 4.38. The van der Waals surface area contributed by atoms with E-state index in [9.17, 15) is 13.2 Å². The van der Waals surface area contributed by atoms with Gasteiger partial charge in [-0.2, -0.15) is 13.2 Å². The lowest BCUT2D eigenvalue weighted by atomic mass is 10.1. The maximum absolute atomic E-state index is 12.4. The Kier molecular flexibility index (Phi) is 4.77. The van der Waals surface area contributed by atoms with Crippen LogP contribution in [-0.2, 0) is 0 Å². The minimum absolute atomic E-state index is 0.229. The highest BCUT2D eigenvalue weighted by Gasteiger charge is 2.34. The Morgan fingerprint density at radius 1 is 1.30 bits per heavy atom. The van der Waals surface area contributed by atoms with Crippen LogP contribution in [0.3, 0.4) is 0 Å². The summed E-state index contributed by atoms with van der Waals surface area (Å²) in [7, 11) is 0. The summed E-state index contributed by atoms with van der Waals surface area (Å²) in [6.07, 6.45) is -1.59. The van der Waals surface area contributed by atoms with Crippen molar-refractivity contribution in [3.63, 3.8) is 0 Å². The van der Waals surface area contributed by atoms with Gasteiger partial charge in [-0.3, -0.25) is 9.88 Å². The molecule has 1 aromatic heterocycles. The molecule has 1 fully saturated rings. The molecule has 2 heterocycles. The number of nitrogens with zero attached hydrogens (tertiary/aromatic N) is 2. The van der Waals surface area contributed by atoms with Crippen molar-refractivity contribution in [2.24, 2.45) is 5.92 Å². The summed E-state index contributed by atoms with van der Waals surface area (Å²) in [5.74, 6) is 0.229. The molecule has 1 unspecified atom stereocenters. The summed E-state index contributed by atoms with van der Waals surface area (Å²) >= 11 is 3.45. The second kappa shape index (κ2) is 6.65. The van der Waals surface area contributed by atoms with E-state index in [-0.39, 0.29) is 5.92 Å². The SMILES string of the molecule is FC(F)(F)CN1CCC(CNc2ccnc3ccc(Br)cc23)C1. The third kappa shape index (κ3) is 4.35. The van der Waals surface area contributed by atoms with Gasteiger partial charge in [-0.1, -0.05) is 15.9 Å². The van der Waals surface area contributed by atoms with Crippen LogP contribution in [0, 0.1) is 5.92 Å². The first-order chi connectivity index (χ1) is 10.9. The van der Waals surface area contributed by atoms with Crippen molar-refractivity contribution in [1.82, 2.24) is 9.88 Å². The number of aromatic nitrogens is 1. The molecule has 23 heavy (non-hydrogen) atoms. The van der Waals surface area contributed by atoms with E-state index in [1.54, 1.807) is 6.20 Å². The Morgan fingerprint density at radius 2 is 2.13 bits per heavy atom. The topological polar surface area (TPSA) is 28.2 Å². The van der Waals surface area contributed by atoms with Crippen molar-refractivity contribution in [1.29, 1.82) is 0 Å². The molecule has 1 aliphatic heterocycles. The maximum atomic E-state index is 12.4. The largest absolute Gasteiger partial charge is 0.401 e. The number of rotatable bonds is 4. The van der Waals surface area contributed by atoms with E-state index in [1.165, 1.54) is 4.90 Å². The Morgan fingerprint density at radius 3 is 2.91 bits per heavy atom. The molecule has 0 amide bonds. The van der Waals surface area contributed by atoms with E-state index in [0.717, 1.165) is 27.5 Å². The van der Waals surface area contributed by atoms with Crippen LogP contribution in [0.4, 0.5) is 18.9 Å². The lowest BCUT2D eigenvalue weighted by Gasteiger charge is -2.18. The molecule has 1 aromatic carbocycles. The standard InChI is InChI=1S/C16H17BrF3N3/c17-12-1-2-14-13(7-12)15(3-5-21-14)22-8-11-4-6-23(9-11)10-16(18,19)20/h1-3,5,7,11H,4,6,8-10H2,(H,21,22). The lowest BCUT2D eigenvalue weighted by Crippen LogP contribution is -2.33. The Labute approximate surface area is 141 Å². The lowest BCUT2D eigenvalue weighted by molar-refractivity contribution is -0.143. The minimum atomic E-state index is -4.12. The fraction of sp³-hybridized carbons (Fsp3) is 0.438. The van der Waals surface area contributed by atoms with Crippen molar-refractivity contribution < 1.29 is 13.2 Å². The predicted octanol–water partition coefficient (Wildman–Crippen LogP) is 4.29. The number of halogens is 4. The smallest absolute Gasteiger partial charge is 0.384 e. The molecule has 0 spiro atoms. The number of likely N-dealkylation sites (tertiary alicyclic amines) is 1. The Bertz CT molecular complexity index is 690. The molecule has 2 aromatic rings. The van der Waals surface area contributed by atoms with E-state index in [0.29, 0.717) is 19.6 Å². The molecular formula is C16H17BrF3N3. The van der Waals surface area contributed by atoms with E-state index in [2.05, 4.69) is 26.2 Å². The number of alkyl halides is 3. The molecule has 0 bridgehead atoms. The Balaban J connectivity index is 1.62. The van der Waals surface area contributed by atoms with Crippen LogP contribution in [-0.4, -0.2) is 42.2 Å². The third-order valence-corrected chi connectivity index (χ3v) is 4.55. The maximum Gasteiger partial charge on any atom is 0.401 e. The number of hydrogen-bond acceptors (Lipinski definition) is 3. The van der Waals surface area contributed by atoms with Crippen LogP contribution in [0.15, 0.2) is 34.9 Å². The van der Waals surface area contributed by atoms with Gasteiger partial charge in [-0.15, -0.1) is 0 Å². The predicted molar refractivity (Wildman–Crippen MR) is 88.5 cm³/mol. The zero-order valence-electron chi connectivity index (χ0n) is 12.4. The van der Waals surface area contributed by atoms with E-state index in [1.807, 2.05) is 24.3 Å². The van der Waals surface area contributed by atoms with Crippen LogP contribution in [0.2, 0.25) is 0 Å². The van der Waals surface area contributed by atoms with E-state index < -0.39 is 12.7 Å². The van der Waals surface area contributed by atoms with Crippen LogP contribution in [0.1, 0.15) is 6.42 Å². The molecule has 3 rings (SSSR count). The fourth-order valence-electron chi connectivity index (χ4n) is 3.00. The molecule has 1 atom stereocenters.